The number of furan rings is 1. The summed E-state index contributed by atoms with van der Waals surface area (Å²) in [6.45, 7) is 3.61. The van der Waals surface area contributed by atoms with Crippen molar-refractivity contribution in [3.8, 4) is 22.6 Å². The summed E-state index contributed by atoms with van der Waals surface area (Å²) in [6, 6.07) is 15.3. The molecule has 2 heterocycles. The van der Waals surface area contributed by atoms with Crippen LogP contribution in [-0.4, -0.2) is 24.0 Å². The van der Waals surface area contributed by atoms with Crippen LogP contribution < -0.4 is 9.47 Å². The molecular formula is C23H22ClNO4. The Morgan fingerprint density at radius 3 is 2.83 bits per heavy atom. The summed E-state index contributed by atoms with van der Waals surface area (Å²) in [6.07, 6.45) is 2.08. The second kappa shape index (κ2) is 8.62. The normalized spacial score (nSPS) is 13.4. The van der Waals surface area contributed by atoms with Gasteiger partial charge in [0, 0.05) is 23.6 Å². The lowest BCUT2D eigenvalue weighted by molar-refractivity contribution is -0.131. The van der Waals surface area contributed by atoms with E-state index in [9.17, 15) is 4.79 Å². The fourth-order valence-electron chi connectivity index (χ4n) is 3.41. The van der Waals surface area contributed by atoms with Crippen LogP contribution in [0.5, 0.6) is 11.5 Å². The van der Waals surface area contributed by atoms with Crippen molar-refractivity contribution in [1.29, 1.82) is 0 Å². The first-order valence-corrected chi connectivity index (χ1v) is 10.0. The predicted octanol–water partition coefficient (Wildman–Crippen LogP) is 5.31. The zero-order valence-electron chi connectivity index (χ0n) is 16.2. The van der Waals surface area contributed by atoms with E-state index in [1.54, 1.807) is 6.26 Å². The molecular weight excluding hydrogens is 390 g/mol. The van der Waals surface area contributed by atoms with Crippen LogP contribution in [0.4, 0.5) is 0 Å². The minimum absolute atomic E-state index is 0.104. The molecule has 0 N–H and O–H groups in total. The molecule has 0 unspecified atom stereocenters. The molecule has 0 fully saturated rings. The molecule has 1 aliphatic heterocycles. The van der Waals surface area contributed by atoms with E-state index in [-0.39, 0.29) is 5.91 Å². The van der Waals surface area contributed by atoms with Crippen LogP contribution in [0, 0.1) is 0 Å². The van der Waals surface area contributed by atoms with Gasteiger partial charge in [-0.25, -0.2) is 0 Å². The highest BCUT2D eigenvalue weighted by Crippen LogP contribution is 2.39. The number of halogens is 1. The van der Waals surface area contributed by atoms with Crippen molar-refractivity contribution in [2.45, 2.75) is 26.5 Å². The minimum atomic E-state index is 0.104. The lowest BCUT2D eigenvalue weighted by Gasteiger charge is -2.19. The van der Waals surface area contributed by atoms with Crippen LogP contribution in [0.1, 0.15) is 24.7 Å². The molecule has 6 heteroatoms. The lowest BCUT2D eigenvalue weighted by atomic mass is 10.0. The Morgan fingerprint density at radius 2 is 2.07 bits per heavy atom. The van der Waals surface area contributed by atoms with Crippen LogP contribution in [0.25, 0.3) is 11.1 Å². The van der Waals surface area contributed by atoms with Crippen molar-refractivity contribution in [3.63, 3.8) is 0 Å². The first-order chi connectivity index (χ1) is 14.1. The third-order valence-corrected chi connectivity index (χ3v) is 5.10. The van der Waals surface area contributed by atoms with Gasteiger partial charge in [0.05, 0.1) is 12.8 Å². The van der Waals surface area contributed by atoms with E-state index in [0.29, 0.717) is 49.2 Å². The maximum Gasteiger partial charge on any atom is 0.222 e. The number of hydrogen-bond acceptors (Lipinski definition) is 4. The summed E-state index contributed by atoms with van der Waals surface area (Å²) in [4.78, 5) is 14.1. The summed E-state index contributed by atoms with van der Waals surface area (Å²) >= 11 is 6.20. The van der Waals surface area contributed by atoms with E-state index < -0.39 is 0 Å². The number of ether oxygens (including phenoxy) is 2. The van der Waals surface area contributed by atoms with E-state index in [1.165, 1.54) is 0 Å². The van der Waals surface area contributed by atoms with Crippen molar-refractivity contribution >= 4 is 17.5 Å². The molecule has 0 atom stereocenters. The van der Waals surface area contributed by atoms with Crippen molar-refractivity contribution in [2.75, 3.05) is 13.2 Å². The van der Waals surface area contributed by atoms with Crippen LogP contribution >= 0.6 is 11.6 Å². The number of carbonyl (C=O) groups excluding carboxylic acids is 1. The first kappa shape index (κ1) is 19.4. The third-order valence-electron chi connectivity index (χ3n) is 4.86. The molecule has 0 aliphatic carbocycles. The quantitative estimate of drug-likeness (QED) is 0.571. The van der Waals surface area contributed by atoms with Gasteiger partial charge in [-0.3, -0.25) is 4.79 Å². The van der Waals surface area contributed by atoms with Crippen LogP contribution in [0.3, 0.4) is 0 Å². The van der Waals surface area contributed by atoms with Gasteiger partial charge in [-0.15, -0.1) is 0 Å². The number of amides is 1. The summed E-state index contributed by atoms with van der Waals surface area (Å²) in [5.41, 5.74) is 2.84. The van der Waals surface area contributed by atoms with Crippen molar-refractivity contribution in [3.05, 3.63) is 71.1 Å². The Bertz CT molecular complexity index is 1000. The first-order valence-electron chi connectivity index (χ1n) is 9.62. The molecule has 0 spiro atoms. The molecule has 5 nitrogen and oxygen atoms in total. The molecule has 0 radical (unpaired) electrons. The van der Waals surface area contributed by atoms with Gasteiger partial charge in [0.15, 0.2) is 11.5 Å². The van der Waals surface area contributed by atoms with Crippen molar-refractivity contribution in [2.24, 2.45) is 0 Å². The molecule has 0 bridgehead atoms. The standard InChI is InChI=1S/C23H22ClNO4/c1-2-22(26)25-8-10-28-23-18(14-25)11-17(16-5-3-6-19(24)12-16)13-21(23)29-15-20-7-4-9-27-20/h3-7,9,11-13H,2,8,10,14-15H2,1H3. The second-order valence-electron chi connectivity index (χ2n) is 6.86. The highest BCUT2D eigenvalue weighted by Gasteiger charge is 2.23. The molecule has 1 amide bonds. The molecule has 1 aliphatic rings. The zero-order chi connectivity index (χ0) is 20.2. The number of nitrogens with zero attached hydrogens (tertiary/aromatic N) is 1. The summed E-state index contributed by atoms with van der Waals surface area (Å²) in [5, 5.41) is 0.662. The predicted molar refractivity (Wildman–Crippen MR) is 111 cm³/mol. The maximum absolute atomic E-state index is 12.3. The lowest BCUT2D eigenvalue weighted by Crippen LogP contribution is -2.31. The number of hydrogen-bond donors (Lipinski definition) is 0. The van der Waals surface area contributed by atoms with Gasteiger partial charge in [-0.2, -0.15) is 0 Å². The fraction of sp³-hybridized carbons (Fsp3) is 0.261. The van der Waals surface area contributed by atoms with Gasteiger partial charge < -0.3 is 18.8 Å². The van der Waals surface area contributed by atoms with Crippen molar-refractivity contribution < 1.29 is 18.7 Å². The Kier molecular flexibility index (Phi) is 5.76. The fourth-order valence-corrected chi connectivity index (χ4v) is 3.60. The molecule has 1 aromatic heterocycles. The van der Waals surface area contributed by atoms with E-state index in [2.05, 4.69) is 0 Å². The number of benzene rings is 2. The SMILES string of the molecule is CCC(=O)N1CCOc2c(cc(-c3cccc(Cl)c3)cc2OCc2ccco2)C1. The van der Waals surface area contributed by atoms with Gasteiger partial charge >= 0.3 is 0 Å². The second-order valence-corrected chi connectivity index (χ2v) is 7.29. The Morgan fingerprint density at radius 1 is 1.17 bits per heavy atom. The number of fused-ring (bicyclic) bond motifs is 1. The minimum Gasteiger partial charge on any atom is -0.487 e. The van der Waals surface area contributed by atoms with Gasteiger partial charge in [0.2, 0.25) is 5.91 Å². The molecule has 150 valence electrons. The molecule has 3 aromatic rings. The smallest absolute Gasteiger partial charge is 0.222 e. The Labute approximate surface area is 174 Å². The largest absolute Gasteiger partial charge is 0.487 e. The van der Waals surface area contributed by atoms with Crippen LogP contribution in [0.2, 0.25) is 5.02 Å². The highest BCUT2D eigenvalue weighted by atomic mass is 35.5. The van der Waals surface area contributed by atoms with E-state index in [1.807, 2.05) is 60.4 Å². The Balaban J connectivity index is 1.74. The monoisotopic (exact) mass is 411 g/mol. The highest BCUT2D eigenvalue weighted by molar-refractivity contribution is 6.30. The van der Waals surface area contributed by atoms with Gasteiger partial charge in [0.25, 0.3) is 0 Å². The molecule has 2 aromatic carbocycles. The molecule has 29 heavy (non-hydrogen) atoms. The van der Waals surface area contributed by atoms with Gasteiger partial charge in [0.1, 0.15) is 19.0 Å². The summed E-state index contributed by atoms with van der Waals surface area (Å²) in [7, 11) is 0. The zero-order valence-corrected chi connectivity index (χ0v) is 16.9. The van der Waals surface area contributed by atoms with Gasteiger partial charge in [-0.1, -0.05) is 30.7 Å². The third kappa shape index (κ3) is 4.40. The molecule has 4 rings (SSSR count). The number of carbonyl (C=O) groups is 1. The average molecular weight is 412 g/mol. The summed E-state index contributed by atoms with van der Waals surface area (Å²) < 4.78 is 17.5. The van der Waals surface area contributed by atoms with Gasteiger partial charge in [-0.05, 0) is 47.5 Å². The van der Waals surface area contributed by atoms with Crippen LogP contribution in [-0.2, 0) is 17.9 Å². The van der Waals surface area contributed by atoms with Crippen molar-refractivity contribution in [1.82, 2.24) is 4.90 Å². The Hall–Kier alpha value is -2.92. The van der Waals surface area contributed by atoms with E-state index in [0.717, 1.165) is 22.5 Å². The van der Waals surface area contributed by atoms with Crippen LogP contribution in [0.15, 0.2) is 59.2 Å². The van der Waals surface area contributed by atoms with E-state index in [4.69, 9.17) is 25.5 Å². The average Bonchev–Trinajstić information content (AvgIpc) is 3.16. The number of rotatable bonds is 5. The maximum atomic E-state index is 12.3. The topological polar surface area (TPSA) is 51.9 Å². The molecule has 0 saturated heterocycles. The summed E-state index contributed by atoms with van der Waals surface area (Å²) in [5.74, 6) is 2.13. The molecule has 0 saturated carbocycles. The van der Waals surface area contributed by atoms with E-state index >= 15 is 0 Å².